The molecular formula is C13H16BrCl2NO3S. The molecule has 0 saturated carbocycles. The molecule has 1 aromatic rings. The minimum absolute atomic E-state index is 0.0840. The molecule has 4 nitrogen and oxygen atoms in total. The average Bonchev–Trinajstić information content (AvgIpc) is 2.40. The van der Waals surface area contributed by atoms with E-state index in [0.717, 1.165) is 25.7 Å². The lowest BCUT2D eigenvalue weighted by molar-refractivity contribution is 0.0953. The molecule has 8 heteroatoms. The van der Waals surface area contributed by atoms with Crippen molar-refractivity contribution in [2.24, 2.45) is 0 Å². The van der Waals surface area contributed by atoms with Gasteiger partial charge in [0.1, 0.15) is 0 Å². The highest BCUT2D eigenvalue weighted by Crippen LogP contribution is 2.31. The third-order valence-electron chi connectivity index (χ3n) is 2.84. The van der Waals surface area contributed by atoms with E-state index in [4.69, 9.17) is 22.3 Å². The first kappa shape index (κ1) is 18.7. The molecule has 0 unspecified atom stereocenters. The predicted octanol–water partition coefficient (Wildman–Crippen LogP) is 4.34. The minimum atomic E-state index is -3.93. The molecule has 1 aromatic carbocycles. The van der Waals surface area contributed by atoms with Gasteiger partial charge in [-0.1, -0.05) is 37.8 Å². The summed E-state index contributed by atoms with van der Waals surface area (Å²) in [7, 11) is 1.37. The van der Waals surface area contributed by atoms with Crippen LogP contribution in [-0.4, -0.2) is 20.9 Å². The van der Waals surface area contributed by atoms with Gasteiger partial charge in [-0.3, -0.25) is 4.79 Å². The van der Waals surface area contributed by atoms with Gasteiger partial charge in [0.25, 0.3) is 15.0 Å². The molecule has 0 spiro atoms. The molecule has 0 bridgehead atoms. The van der Waals surface area contributed by atoms with Crippen LogP contribution in [0.4, 0.5) is 0 Å². The highest BCUT2D eigenvalue weighted by Gasteiger charge is 2.19. The Morgan fingerprint density at radius 2 is 1.95 bits per heavy atom. The van der Waals surface area contributed by atoms with Crippen LogP contribution in [0.25, 0.3) is 0 Å². The highest BCUT2D eigenvalue weighted by atomic mass is 79.9. The maximum Gasteiger partial charge on any atom is 0.261 e. The van der Waals surface area contributed by atoms with Crippen LogP contribution in [0, 0.1) is 0 Å². The quantitative estimate of drug-likeness (QED) is 0.531. The summed E-state index contributed by atoms with van der Waals surface area (Å²) in [5.74, 6) is -0.417. The van der Waals surface area contributed by atoms with Crippen molar-refractivity contribution in [2.45, 2.75) is 37.5 Å². The third-order valence-corrected chi connectivity index (χ3v) is 5.44. The summed E-state index contributed by atoms with van der Waals surface area (Å²) in [4.78, 5) is 11.9. The average molecular weight is 417 g/mol. The monoisotopic (exact) mass is 415 g/mol. The molecule has 118 valence electrons. The zero-order chi connectivity index (χ0) is 16.0. The summed E-state index contributed by atoms with van der Waals surface area (Å²) in [6, 6.07) is 2.44. The molecule has 1 rings (SSSR count). The van der Waals surface area contributed by atoms with E-state index in [-0.39, 0.29) is 15.5 Å². The van der Waals surface area contributed by atoms with Crippen LogP contribution < -0.4 is 5.32 Å². The molecule has 0 atom stereocenters. The van der Waals surface area contributed by atoms with E-state index >= 15 is 0 Å². The number of unbranched alkanes of at least 4 members (excludes halogenated alkanes) is 3. The van der Waals surface area contributed by atoms with Gasteiger partial charge in [0.2, 0.25) is 0 Å². The number of rotatable bonds is 7. The smallest absolute Gasteiger partial charge is 0.261 e. The number of hydrogen-bond donors (Lipinski definition) is 1. The van der Waals surface area contributed by atoms with E-state index in [1.165, 1.54) is 12.1 Å². The van der Waals surface area contributed by atoms with E-state index in [2.05, 4.69) is 28.2 Å². The highest BCUT2D eigenvalue weighted by molar-refractivity contribution is 9.10. The van der Waals surface area contributed by atoms with Gasteiger partial charge in [0.15, 0.2) is 0 Å². The Bertz CT molecular complexity index is 620. The number of hydrogen-bond acceptors (Lipinski definition) is 3. The Balaban J connectivity index is 2.86. The Morgan fingerprint density at radius 3 is 2.52 bits per heavy atom. The Morgan fingerprint density at radius 1 is 1.29 bits per heavy atom. The van der Waals surface area contributed by atoms with Crippen LogP contribution in [0.15, 0.2) is 21.5 Å². The van der Waals surface area contributed by atoms with Crippen molar-refractivity contribution >= 4 is 53.2 Å². The molecular weight excluding hydrogens is 401 g/mol. The molecule has 0 aliphatic heterocycles. The second-order valence-corrected chi connectivity index (χ2v) is 8.32. The topological polar surface area (TPSA) is 63.2 Å². The number of carbonyl (C=O) groups excluding carboxylic acids is 1. The number of amides is 1. The van der Waals surface area contributed by atoms with Crippen LogP contribution in [0.2, 0.25) is 5.02 Å². The Labute approximate surface area is 142 Å². The van der Waals surface area contributed by atoms with Crippen molar-refractivity contribution in [3.8, 4) is 0 Å². The van der Waals surface area contributed by atoms with E-state index in [1.807, 2.05) is 0 Å². The van der Waals surface area contributed by atoms with E-state index in [0.29, 0.717) is 11.0 Å². The lowest BCUT2D eigenvalue weighted by atomic mass is 10.2. The minimum Gasteiger partial charge on any atom is -0.352 e. The summed E-state index contributed by atoms with van der Waals surface area (Å²) in [5, 5.41) is 2.88. The normalized spacial score (nSPS) is 11.4. The van der Waals surface area contributed by atoms with E-state index in [1.54, 1.807) is 0 Å². The van der Waals surface area contributed by atoms with Gasteiger partial charge in [0, 0.05) is 21.7 Å². The zero-order valence-electron chi connectivity index (χ0n) is 11.5. The van der Waals surface area contributed by atoms with Gasteiger partial charge in [0.05, 0.1) is 15.5 Å². The first-order valence-electron chi connectivity index (χ1n) is 6.49. The van der Waals surface area contributed by atoms with Crippen molar-refractivity contribution in [2.75, 3.05) is 6.54 Å². The van der Waals surface area contributed by atoms with Gasteiger partial charge < -0.3 is 5.32 Å². The molecule has 0 radical (unpaired) electrons. The van der Waals surface area contributed by atoms with Crippen LogP contribution in [0.3, 0.4) is 0 Å². The third kappa shape index (κ3) is 5.77. The zero-order valence-corrected chi connectivity index (χ0v) is 15.4. The fraction of sp³-hybridized carbons (Fsp3) is 0.462. The van der Waals surface area contributed by atoms with Gasteiger partial charge in [-0.25, -0.2) is 8.42 Å². The molecule has 0 saturated heterocycles. The molecule has 0 aromatic heterocycles. The number of carbonyl (C=O) groups is 1. The van der Waals surface area contributed by atoms with Gasteiger partial charge >= 0.3 is 0 Å². The standard InChI is InChI=1S/C13H16BrCl2NO3S/c1-2-3-4-5-6-17-13(18)10-7-9(21(16,19)20)8-11(14)12(10)15/h7-8H,2-6H2,1H3,(H,17,18). The Kier molecular flexibility index (Phi) is 7.47. The first-order valence-corrected chi connectivity index (χ1v) is 9.97. The largest absolute Gasteiger partial charge is 0.352 e. The molecule has 1 N–H and O–H groups in total. The summed E-state index contributed by atoms with van der Waals surface area (Å²) in [6.07, 6.45) is 4.13. The maximum absolute atomic E-state index is 12.1. The maximum atomic E-state index is 12.1. The first-order chi connectivity index (χ1) is 9.77. The van der Waals surface area contributed by atoms with Crippen LogP contribution in [-0.2, 0) is 9.05 Å². The summed E-state index contributed by atoms with van der Waals surface area (Å²) < 4.78 is 23.1. The van der Waals surface area contributed by atoms with E-state index < -0.39 is 15.0 Å². The fourth-order valence-electron chi connectivity index (χ4n) is 1.72. The van der Waals surface area contributed by atoms with Crippen molar-refractivity contribution in [1.82, 2.24) is 5.32 Å². The van der Waals surface area contributed by atoms with Crippen LogP contribution in [0.5, 0.6) is 0 Å². The van der Waals surface area contributed by atoms with Gasteiger partial charge in [-0.05, 0) is 34.5 Å². The lowest BCUT2D eigenvalue weighted by Crippen LogP contribution is -2.25. The number of halogens is 3. The van der Waals surface area contributed by atoms with Crippen LogP contribution in [0.1, 0.15) is 43.0 Å². The predicted molar refractivity (Wildman–Crippen MR) is 88.7 cm³/mol. The van der Waals surface area contributed by atoms with Crippen molar-refractivity contribution < 1.29 is 13.2 Å². The van der Waals surface area contributed by atoms with Crippen molar-refractivity contribution in [3.05, 3.63) is 27.2 Å². The molecule has 21 heavy (non-hydrogen) atoms. The molecule has 0 aliphatic rings. The number of benzene rings is 1. The summed E-state index contributed by atoms with van der Waals surface area (Å²) in [5.41, 5.74) is 0.0840. The summed E-state index contributed by atoms with van der Waals surface area (Å²) >= 11 is 9.15. The Hall–Kier alpha value is -0.300. The fourth-order valence-corrected chi connectivity index (χ4v) is 3.31. The van der Waals surface area contributed by atoms with Gasteiger partial charge in [-0.15, -0.1) is 0 Å². The van der Waals surface area contributed by atoms with Gasteiger partial charge in [-0.2, -0.15) is 0 Å². The molecule has 1 amide bonds. The SMILES string of the molecule is CCCCCCNC(=O)c1cc(S(=O)(=O)Cl)cc(Br)c1Cl. The second kappa shape index (κ2) is 8.36. The van der Waals surface area contributed by atoms with Crippen molar-refractivity contribution in [3.63, 3.8) is 0 Å². The summed E-state index contributed by atoms with van der Waals surface area (Å²) in [6.45, 7) is 2.62. The van der Waals surface area contributed by atoms with E-state index in [9.17, 15) is 13.2 Å². The lowest BCUT2D eigenvalue weighted by Gasteiger charge is -2.09. The number of nitrogens with one attached hydrogen (secondary N) is 1. The second-order valence-electron chi connectivity index (χ2n) is 4.52. The molecule has 0 aliphatic carbocycles. The molecule has 0 heterocycles. The molecule has 0 fully saturated rings. The van der Waals surface area contributed by atoms with Crippen LogP contribution >= 0.6 is 38.2 Å². The van der Waals surface area contributed by atoms with Crippen molar-refractivity contribution in [1.29, 1.82) is 0 Å².